The number of allylic oxidation sites excluding steroid dienone is 2. The van der Waals surface area contributed by atoms with E-state index in [0.717, 1.165) is 73.9 Å². The molecule has 0 spiro atoms. The normalized spacial score (nSPS) is 19.7. The molecular weight excluding hydrogens is 639 g/mol. The zero-order chi connectivity index (χ0) is 36.2. The van der Waals surface area contributed by atoms with Gasteiger partial charge in [0.1, 0.15) is 0 Å². The second kappa shape index (κ2) is 15.6. The fraction of sp³-hybridized carbons (Fsp3) is 0.333. The van der Waals surface area contributed by atoms with E-state index in [9.17, 15) is 0 Å². The molecular formula is C45H53N7. The van der Waals surface area contributed by atoms with Crippen molar-refractivity contribution >= 4 is 28.5 Å². The summed E-state index contributed by atoms with van der Waals surface area (Å²) in [6.45, 7) is 20.2. The Labute approximate surface area is 310 Å². The molecule has 7 heteroatoms. The van der Waals surface area contributed by atoms with E-state index in [2.05, 4.69) is 89.1 Å². The predicted octanol–water partition coefficient (Wildman–Crippen LogP) is 9.04. The topological polar surface area (TPSA) is 72.7 Å². The van der Waals surface area contributed by atoms with E-state index in [4.69, 9.17) is 10.8 Å². The van der Waals surface area contributed by atoms with E-state index in [1.807, 2.05) is 41.4 Å². The van der Waals surface area contributed by atoms with Gasteiger partial charge < -0.3 is 30.3 Å². The third-order valence-corrected chi connectivity index (χ3v) is 11.5. The first-order chi connectivity index (χ1) is 25.3. The van der Waals surface area contributed by atoms with Crippen LogP contribution in [0.4, 0.5) is 11.4 Å². The van der Waals surface area contributed by atoms with Gasteiger partial charge in [-0.1, -0.05) is 81.6 Å². The number of piperidine rings is 2. The lowest BCUT2D eigenvalue weighted by Crippen LogP contribution is -2.47. The molecule has 0 aromatic heterocycles. The van der Waals surface area contributed by atoms with Crippen molar-refractivity contribution < 1.29 is 0 Å². The fourth-order valence-corrected chi connectivity index (χ4v) is 8.59. The molecule has 3 aromatic rings. The molecule has 2 fully saturated rings. The van der Waals surface area contributed by atoms with Crippen molar-refractivity contribution in [3.05, 3.63) is 151 Å². The van der Waals surface area contributed by atoms with Crippen LogP contribution >= 0.6 is 0 Å². The molecule has 4 aliphatic heterocycles. The lowest BCUT2D eigenvalue weighted by Gasteiger charge is -2.42. The van der Waals surface area contributed by atoms with Crippen LogP contribution in [-0.2, 0) is 6.54 Å². The Hall–Kier alpha value is -5.14. The summed E-state index contributed by atoms with van der Waals surface area (Å²) in [4.78, 5) is 9.77. The molecule has 2 saturated heterocycles. The fourth-order valence-electron chi connectivity index (χ4n) is 8.59. The summed E-state index contributed by atoms with van der Waals surface area (Å²) in [5.41, 5.74) is 10.9. The highest BCUT2D eigenvalue weighted by Gasteiger charge is 2.32. The largest absolute Gasteiger partial charge is 0.371 e. The molecule has 52 heavy (non-hydrogen) atoms. The molecule has 0 radical (unpaired) electrons. The Kier molecular flexibility index (Phi) is 10.6. The van der Waals surface area contributed by atoms with Gasteiger partial charge >= 0.3 is 0 Å². The number of hydrogen-bond donors (Lipinski definition) is 3. The van der Waals surface area contributed by atoms with E-state index < -0.39 is 0 Å². The first-order valence-corrected chi connectivity index (χ1v) is 19.0. The van der Waals surface area contributed by atoms with Crippen molar-refractivity contribution in [1.82, 2.24) is 15.1 Å². The van der Waals surface area contributed by atoms with Crippen LogP contribution in [0.2, 0.25) is 0 Å². The van der Waals surface area contributed by atoms with Gasteiger partial charge in [-0.15, -0.1) is 0 Å². The van der Waals surface area contributed by atoms with Crippen LogP contribution in [0.1, 0.15) is 73.6 Å². The van der Waals surface area contributed by atoms with Gasteiger partial charge in [0.05, 0.1) is 23.2 Å². The second-order valence-corrected chi connectivity index (χ2v) is 14.6. The number of nitrogens with one attached hydrogen (secondary N) is 3. The van der Waals surface area contributed by atoms with Gasteiger partial charge in [0, 0.05) is 60.2 Å². The Bertz CT molecular complexity index is 1870. The van der Waals surface area contributed by atoms with Gasteiger partial charge in [0.2, 0.25) is 0 Å². The standard InChI is InChI=1S/C45H53N7/c1-5-10-44(32(3)48-6-2)52-31-37-29-40(17-18-41(37)33(52)4)50-26-21-38(22-27-50)49-24-19-35(20-25-49)34-13-15-39(16-14-34)51-28-23-42(46)45(51)30-43(47)36-11-8-7-9-12-36/h6-9,11-18,23,28-30,35,38,44,46-48H,2-5,10,19-22,24-27,31H2,1H3/b45-30+,46-42?,47-43?. The number of fused-ring (bicyclic) bond motifs is 1. The monoisotopic (exact) mass is 691 g/mol. The zero-order valence-electron chi connectivity index (χ0n) is 30.7. The number of hydrogen-bond acceptors (Lipinski definition) is 7. The zero-order valence-corrected chi connectivity index (χ0v) is 30.7. The minimum atomic E-state index is 0.201. The van der Waals surface area contributed by atoms with Gasteiger partial charge in [-0.3, -0.25) is 5.41 Å². The Balaban J connectivity index is 0.911. The second-order valence-electron chi connectivity index (χ2n) is 14.6. The summed E-state index contributed by atoms with van der Waals surface area (Å²) in [5.74, 6) is 0.571. The van der Waals surface area contributed by atoms with Gasteiger partial charge in [0.25, 0.3) is 0 Å². The molecule has 268 valence electrons. The smallest absolute Gasteiger partial charge is 0.0795 e. The highest BCUT2D eigenvalue weighted by atomic mass is 15.2. The van der Waals surface area contributed by atoms with Crippen LogP contribution < -0.4 is 15.1 Å². The van der Waals surface area contributed by atoms with Crippen molar-refractivity contribution in [1.29, 1.82) is 10.8 Å². The van der Waals surface area contributed by atoms with Gasteiger partial charge in [-0.25, -0.2) is 0 Å². The van der Waals surface area contributed by atoms with Gasteiger partial charge in [-0.05, 0) is 110 Å². The quantitative estimate of drug-likeness (QED) is 0.165. The van der Waals surface area contributed by atoms with E-state index in [1.54, 1.807) is 18.4 Å². The first-order valence-electron chi connectivity index (χ1n) is 19.0. The van der Waals surface area contributed by atoms with Crippen molar-refractivity contribution in [3.63, 3.8) is 0 Å². The first kappa shape index (κ1) is 35.3. The SMILES string of the molecule is C=CNC(=C)C(CCC)N1Cc2cc(N3CCC(N4CCC(c5ccc(N6C=CC(=N)/C6=C\C(=N)c6ccccc6)cc5)CC4)CC3)ccc2C1=C. The number of rotatable bonds is 12. The van der Waals surface area contributed by atoms with E-state index in [1.165, 1.54) is 48.1 Å². The van der Waals surface area contributed by atoms with Crippen LogP contribution in [-0.4, -0.2) is 59.5 Å². The summed E-state index contributed by atoms with van der Waals surface area (Å²) in [5, 5.41) is 20.3. The molecule has 4 aliphatic rings. The van der Waals surface area contributed by atoms with E-state index >= 15 is 0 Å². The van der Waals surface area contributed by atoms with E-state index in [-0.39, 0.29) is 6.04 Å². The van der Waals surface area contributed by atoms with Crippen LogP contribution in [0, 0.1) is 10.8 Å². The van der Waals surface area contributed by atoms with Gasteiger partial charge in [0.15, 0.2) is 0 Å². The highest BCUT2D eigenvalue weighted by Crippen LogP contribution is 2.39. The number of likely N-dealkylation sites (tertiary alicyclic amines) is 1. The lowest BCUT2D eigenvalue weighted by atomic mass is 9.88. The molecule has 0 aliphatic carbocycles. The van der Waals surface area contributed by atoms with E-state index in [0.29, 0.717) is 23.4 Å². The summed E-state index contributed by atoms with van der Waals surface area (Å²) < 4.78 is 0. The highest BCUT2D eigenvalue weighted by molar-refractivity contribution is 6.18. The maximum atomic E-state index is 8.58. The molecule has 0 amide bonds. The Morgan fingerprint density at radius 2 is 1.65 bits per heavy atom. The lowest BCUT2D eigenvalue weighted by molar-refractivity contribution is 0.132. The third kappa shape index (κ3) is 7.28. The average molecular weight is 692 g/mol. The summed E-state index contributed by atoms with van der Waals surface area (Å²) in [7, 11) is 0. The summed E-state index contributed by atoms with van der Waals surface area (Å²) in [6.07, 6.45) is 14.2. The summed E-state index contributed by atoms with van der Waals surface area (Å²) in [6, 6.07) is 26.4. The molecule has 3 N–H and O–H groups in total. The Morgan fingerprint density at radius 3 is 2.35 bits per heavy atom. The molecule has 1 atom stereocenters. The van der Waals surface area contributed by atoms with Crippen LogP contribution in [0.25, 0.3) is 5.70 Å². The Morgan fingerprint density at radius 1 is 0.942 bits per heavy atom. The molecule has 0 saturated carbocycles. The minimum Gasteiger partial charge on any atom is -0.371 e. The average Bonchev–Trinajstić information content (AvgIpc) is 3.72. The molecule has 7 nitrogen and oxygen atoms in total. The molecule has 4 heterocycles. The van der Waals surface area contributed by atoms with Crippen molar-refractivity contribution in [2.75, 3.05) is 36.0 Å². The molecule has 3 aromatic carbocycles. The molecule has 7 rings (SSSR count). The van der Waals surface area contributed by atoms with Crippen LogP contribution in [0.5, 0.6) is 0 Å². The summed E-state index contributed by atoms with van der Waals surface area (Å²) >= 11 is 0. The number of nitrogens with zero attached hydrogens (tertiary/aromatic N) is 4. The molecule has 1 unspecified atom stereocenters. The number of benzene rings is 3. The minimum absolute atomic E-state index is 0.201. The predicted molar refractivity (Wildman–Crippen MR) is 218 cm³/mol. The number of anilines is 2. The van der Waals surface area contributed by atoms with Crippen molar-refractivity contribution in [2.24, 2.45) is 0 Å². The molecule has 0 bridgehead atoms. The van der Waals surface area contributed by atoms with Gasteiger partial charge in [-0.2, -0.15) is 0 Å². The van der Waals surface area contributed by atoms with Crippen LogP contribution in [0.3, 0.4) is 0 Å². The van der Waals surface area contributed by atoms with Crippen molar-refractivity contribution in [3.8, 4) is 0 Å². The third-order valence-electron chi connectivity index (χ3n) is 11.5. The maximum absolute atomic E-state index is 8.58. The maximum Gasteiger partial charge on any atom is 0.0795 e. The van der Waals surface area contributed by atoms with Crippen molar-refractivity contribution in [2.45, 2.75) is 70.0 Å². The van der Waals surface area contributed by atoms with Crippen LogP contribution in [0.15, 0.2) is 128 Å².